The summed E-state index contributed by atoms with van der Waals surface area (Å²) in [5.41, 5.74) is 0. The van der Waals surface area contributed by atoms with Crippen LogP contribution < -0.4 is 0 Å². The van der Waals surface area contributed by atoms with Crippen molar-refractivity contribution >= 4 is 0 Å². The number of aliphatic hydroxyl groups is 1. The van der Waals surface area contributed by atoms with Gasteiger partial charge < -0.3 is 9.84 Å². The van der Waals surface area contributed by atoms with Crippen molar-refractivity contribution in [3.05, 3.63) is 0 Å². The topological polar surface area (TPSA) is 29.5 Å². The van der Waals surface area contributed by atoms with Crippen LogP contribution in [0.25, 0.3) is 0 Å². The molecule has 70 valence electrons. The molecule has 0 aliphatic rings. The van der Waals surface area contributed by atoms with E-state index >= 15 is 0 Å². The Bertz CT molecular complexity index is 126. The maximum Gasteiger partial charge on any atom is 0.137 e. The molecule has 0 aromatic heterocycles. The molecule has 0 heterocycles. The summed E-state index contributed by atoms with van der Waals surface area (Å²) in [6.07, 6.45) is 8.95. The number of hydrogen-bond donors (Lipinski definition) is 1. The van der Waals surface area contributed by atoms with Gasteiger partial charge in [0, 0.05) is 6.61 Å². The summed E-state index contributed by atoms with van der Waals surface area (Å²) in [6.45, 7) is 3.14. The van der Waals surface area contributed by atoms with E-state index in [9.17, 15) is 0 Å². The first-order chi connectivity index (χ1) is 5.81. The number of terminal acetylenes is 1. The highest BCUT2D eigenvalue weighted by Gasteiger charge is 1.96. The molecule has 0 fully saturated rings. The Morgan fingerprint density at radius 1 is 1.42 bits per heavy atom. The van der Waals surface area contributed by atoms with E-state index in [0.717, 1.165) is 6.42 Å². The molecule has 0 aliphatic carbocycles. The fourth-order valence-corrected chi connectivity index (χ4v) is 0.874. The van der Waals surface area contributed by atoms with E-state index in [1.165, 1.54) is 19.3 Å². The van der Waals surface area contributed by atoms with Crippen molar-refractivity contribution < 1.29 is 9.84 Å². The van der Waals surface area contributed by atoms with Gasteiger partial charge in [-0.3, -0.25) is 0 Å². The predicted octanol–water partition coefficient (Wildman–Crippen LogP) is 1.58. The van der Waals surface area contributed by atoms with Gasteiger partial charge in [0.2, 0.25) is 0 Å². The van der Waals surface area contributed by atoms with Crippen molar-refractivity contribution in [3.8, 4) is 12.3 Å². The molecule has 1 unspecified atom stereocenters. The van der Waals surface area contributed by atoms with E-state index in [4.69, 9.17) is 16.3 Å². The molecule has 2 nitrogen and oxygen atoms in total. The van der Waals surface area contributed by atoms with Crippen LogP contribution in [0.2, 0.25) is 0 Å². The Morgan fingerprint density at radius 2 is 2.17 bits per heavy atom. The van der Waals surface area contributed by atoms with Gasteiger partial charge in [0.25, 0.3) is 0 Å². The van der Waals surface area contributed by atoms with Gasteiger partial charge in [-0.05, 0) is 6.42 Å². The minimum Gasteiger partial charge on any atom is -0.378 e. The molecular formula is C10H18O2. The van der Waals surface area contributed by atoms with Gasteiger partial charge in [-0.2, -0.15) is 0 Å². The highest BCUT2D eigenvalue weighted by atomic mass is 16.5. The lowest BCUT2D eigenvalue weighted by Gasteiger charge is -2.04. The molecule has 0 amide bonds. The average Bonchev–Trinajstić information content (AvgIpc) is 2.10. The standard InChI is InChI=1S/C10H18O2/c1-3-5-6-7-8-12-9-10(11)4-2/h2,10-11H,3,5-9H2,1H3. The van der Waals surface area contributed by atoms with Gasteiger partial charge in [0.1, 0.15) is 6.10 Å². The highest BCUT2D eigenvalue weighted by Crippen LogP contribution is 1.98. The average molecular weight is 170 g/mol. The summed E-state index contributed by atoms with van der Waals surface area (Å²) < 4.78 is 5.14. The Morgan fingerprint density at radius 3 is 2.75 bits per heavy atom. The number of rotatable bonds is 7. The normalized spacial score (nSPS) is 12.4. The lowest BCUT2D eigenvalue weighted by atomic mass is 10.2. The second kappa shape index (κ2) is 8.58. The van der Waals surface area contributed by atoms with Crippen molar-refractivity contribution in [2.24, 2.45) is 0 Å². The van der Waals surface area contributed by atoms with Crippen LogP contribution in [0.15, 0.2) is 0 Å². The SMILES string of the molecule is C#CC(O)COCCCCCC. The molecule has 1 atom stereocenters. The van der Waals surface area contributed by atoms with E-state index < -0.39 is 6.10 Å². The lowest BCUT2D eigenvalue weighted by Crippen LogP contribution is -2.12. The van der Waals surface area contributed by atoms with Crippen LogP contribution >= 0.6 is 0 Å². The molecule has 0 radical (unpaired) electrons. The van der Waals surface area contributed by atoms with Gasteiger partial charge in [-0.1, -0.05) is 32.1 Å². The van der Waals surface area contributed by atoms with E-state index in [2.05, 4.69) is 12.8 Å². The van der Waals surface area contributed by atoms with Gasteiger partial charge in [0.05, 0.1) is 6.61 Å². The smallest absolute Gasteiger partial charge is 0.137 e. The van der Waals surface area contributed by atoms with E-state index in [1.807, 2.05) is 0 Å². The fourth-order valence-electron chi connectivity index (χ4n) is 0.874. The van der Waals surface area contributed by atoms with Gasteiger partial charge in [0.15, 0.2) is 0 Å². The third-order valence-electron chi connectivity index (χ3n) is 1.61. The molecule has 0 saturated heterocycles. The maximum absolute atomic E-state index is 8.90. The molecule has 0 bridgehead atoms. The molecule has 12 heavy (non-hydrogen) atoms. The second-order valence-electron chi connectivity index (χ2n) is 2.82. The third kappa shape index (κ3) is 7.59. The van der Waals surface area contributed by atoms with Gasteiger partial charge in [-0.15, -0.1) is 6.42 Å². The van der Waals surface area contributed by atoms with Crippen LogP contribution in [0.5, 0.6) is 0 Å². The Kier molecular flexibility index (Phi) is 8.20. The molecular weight excluding hydrogens is 152 g/mol. The largest absolute Gasteiger partial charge is 0.378 e. The van der Waals surface area contributed by atoms with Crippen LogP contribution in [0, 0.1) is 12.3 Å². The number of hydrogen-bond acceptors (Lipinski definition) is 2. The summed E-state index contributed by atoms with van der Waals surface area (Å²) >= 11 is 0. The Balaban J connectivity index is 2.96. The van der Waals surface area contributed by atoms with Crippen LogP contribution in [0.3, 0.4) is 0 Å². The third-order valence-corrected chi connectivity index (χ3v) is 1.61. The zero-order chi connectivity index (χ0) is 9.23. The minimum atomic E-state index is -0.740. The van der Waals surface area contributed by atoms with Crippen LogP contribution in [-0.2, 0) is 4.74 Å². The fraction of sp³-hybridized carbons (Fsp3) is 0.800. The molecule has 0 rings (SSSR count). The number of aliphatic hydroxyl groups excluding tert-OH is 1. The highest BCUT2D eigenvalue weighted by molar-refractivity contribution is 4.92. The molecule has 0 aromatic carbocycles. The first-order valence-corrected chi connectivity index (χ1v) is 4.53. The molecule has 0 aromatic rings. The second-order valence-corrected chi connectivity index (χ2v) is 2.82. The minimum absolute atomic E-state index is 0.266. The Labute approximate surface area is 74.9 Å². The van der Waals surface area contributed by atoms with Crippen molar-refractivity contribution in [3.63, 3.8) is 0 Å². The van der Waals surface area contributed by atoms with Crippen molar-refractivity contribution in [1.82, 2.24) is 0 Å². The zero-order valence-corrected chi connectivity index (χ0v) is 7.75. The molecule has 1 N–H and O–H groups in total. The Hall–Kier alpha value is -0.520. The first-order valence-electron chi connectivity index (χ1n) is 4.53. The lowest BCUT2D eigenvalue weighted by molar-refractivity contribution is 0.0618. The van der Waals surface area contributed by atoms with Gasteiger partial charge >= 0.3 is 0 Å². The first kappa shape index (κ1) is 11.5. The number of ether oxygens (including phenoxy) is 1. The van der Waals surface area contributed by atoms with Gasteiger partial charge in [-0.25, -0.2) is 0 Å². The number of unbranched alkanes of at least 4 members (excludes halogenated alkanes) is 3. The van der Waals surface area contributed by atoms with E-state index in [0.29, 0.717) is 6.61 Å². The zero-order valence-electron chi connectivity index (χ0n) is 7.75. The van der Waals surface area contributed by atoms with Crippen LogP contribution in [0.1, 0.15) is 32.6 Å². The quantitative estimate of drug-likeness (QED) is 0.464. The van der Waals surface area contributed by atoms with E-state index in [-0.39, 0.29) is 6.61 Å². The molecule has 0 spiro atoms. The van der Waals surface area contributed by atoms with Crippen molar-refractivity contribution in [2.45, 2.75) is 38.7 Å². The summed E-state index contributed by atoms with van der Waals surface area (Å²) in [7, 11) is 0. The monoisotopic (exact) mass is 170 g/mol. The van der Waals surface area contributed by atoms with Crippen molar-refractivity contribution in [2.75, 3.05) is 13.2 Å². The van der Waals surface area contributed by atoms with Crippen LogP contribution in [-0.4, -0.2) is 24.4 Å². The summed E-state index contributed by atoms with van der Waals surface area (Å²) in [5, 5.41) is 8.90. The maximum atomic E-state index is 8.90. The summed E-state index contributed by atoms with van der Waals surface area (Å²) in [6, 6.07) is 0. The summed E-state index contributed by atoms with van der Waals surface area (Å²) in [5.74, 6) is 2.20. The predicted molar refractivity (Wildman–Crippen MR) is 49.8 cm³/mol. The van der Waals surface area contributed by atoms with Crippen molar-refractivity contribution in [1.29, 1.82) is 0 Å². The molecule has 0 saturated carbocycles. The van der Waals surface area contributed by atoms with E-state index in [1.54, 1.807) is 0 Å². The molecule has 0 aliphatic heterocycles. The molecule has 2 heteroatoms. The van der Waals surface area contributed by atoms with Crippen LogP contribution in [0.4, 0.5) is 0 Å². The summed E-state index contributed by atoms with van der Waals surface area (Å²) in [4.78, 5) is 0.